The summed E-state index contributed by atoms with van der Waals surface area (Å²) in [6.45, 7) is -0.995. The van der Waals surface area contributed by atoms with Crippen molar-refractivity contribution in [3.63, 3.8) is 0 Å². The molecule has 0 aliphatic carbocycles. The molecule has 3 nitrogen and oxygen atoms in total. The summed E-state index contributed by atoms with van der Waals surface area (Å²) in [4.78, 5) is 0. The number of benzene rings is 1. The molecule has 0 bridgehead atoms. The molecule has 0 amide bonds. The van der Waals surface area contributed by atoms with Crippen molar-refractivity contribution < 1.29 is 23.4 Å². The molecule has 1 aromatic rings. The van der Waals surface area contributed by atoms with Crippen molar-refractivity contribution in [2.45, 2.75) is 20.0 Å². The highest BCUT2D eigenvalue weighted by molar-refractivity contribution is 5.58. The molecule has 0 spiro atoms. The van der Waals surface area contributed by atoms with Gasteiger partial charge < -0.3 is 14.6 Å². The van der Waals surface area contributed by atoms with Crippen LogP contribution in [0.5, 0.6) is 11.5 Å². The van der Waals surface area contributed by atoms with Crippen molar-refractivity contribution in [3.05, 3.63) is 29.3 Å². The summed E-state index contributed by atoms with van der Waals surface area (Å²) in [5.41, 5.74) is 1.61. The van der Waals surface area contributed by atoms with E-state index < -0.39 is 6.61 Å². The van der Waals surface area contributed by atoms with E-state index in [1.165, 1.54) is 13.2 Å². The molecule has 1 aromatic carbocycles. The lowest BCUT2D eigenvalue weighted by Gasteiger charge is -2.10. The molecule has 0 unspecified atom stereocenters. The van der Waals surface area contributed by atoms with Crippen LogP contribution in [0.25, 0.3) is 6.08 Å². The van der Waals surface area contributed by atoms with Crippen LogP contribution >= 0.6 is 0 Å². The van der Waals surface area contributed by atoms with E-state index in [-0.39, 0.29) is 18.1 Å². The van der Waals surface area contributed by atoms with E-state index in [0.29, 0.717) is 6.42 Å². The molecule has 1 rings (SSSR count). The smallest absolute Gasteiger partial charge is 0.387 e. The zero-order valence-electron chi connectivity index (χ0n) is 10.3. The monoisotopic (exact) mass is 258 g/mol. The maximum absolute atomic E-state index is 12.1. The first-order chi connectivity index (χ1) is 8.60. The van der Waals surface area contributed by atoms with Crippen LogP contribution in [0.15, 0.2) is 23.8 Å². The molecule has 0 radical (unpaired) electrons. The summed E-state index contributed by atoms with van der Waals surface area (Å²) in [7, 11) is 1.38. The molecule has 5 heteroatoms. The summed E-state index contributed by atoms with van der Waals surface area (Å²) in [6.07, 6.45) is 2.50. The number of alkyl halides is 2. The minimum Gasteiger partial charge on any atom is -0.493 e. The van der Waals surface area contributed by atoms with Crippen LogP contribution in [-0.2, 0) is 0 Å². The van der Waals surface area contributed by atoms with Crippen LogP contribution in [-0.4, -0.2) is 25.4 Å². The maximum atomic E-state index is 12.1. The van der Waals surface area contributed by atoms with Gasteiger partial charge in [-0.05, 0) is 29.7 Å². The zero-order valence-corrected chi connectivity index (χ0v) is 10.3. The normalized spacial score (nSPS) is 11.8. The largest absolute Gasteiger partial charge is 0.493 e. The quantitative estimate of drug-likeness (QED) is 0.852. The van der Waals surface area contributed by atoms with Gasteiger partial charge in [0.1, 0.15) is 0 Å². The average Bonchev–Trinajstić information content (AvgIpc) is 2.36. The highest BCUT2D eigenvalue weighted by Crippen LogP contribution is 2.30. The van der Waals surface area contributed by atoms with Crippen LogP contribution in [0.4, 0.5) is 8.78 Å². The fraction of sp³-hybridized carbons (Fsp3) is 0.385. The second-order valence-corrected chi connectivity index (χ2v) is 3.60. The molecule has 0 saturated carbocycles. The van der Waals surface area contributed by atoms with Gasteiger partial charge in [-0.25, -0.2) is 0 Å². The minimum atomic E-state index is -2.89. The Hall–Kier alpha value is -1.62. The van der Waals surface area contributed by atoms with E-state index in [4.69, 9.17) is 9.84 Å². The van der Waals surface area contributed by atoms with Crippen molar-refractivity contribution in [3.8, 4) is 11.5 Å². The van der Waals surface area contributed by atoms with Gasteiger partial charge in [0.2, 0.25) is 0 Å². The molecule has 0 aromatic heterocycles. The van der Waals surface area contributed by atoms with E-state index in [1.54, 1.807) is 18.2 Å². The van der Waals surface area contributed by atoms with Gasteiger partial charge >= 0.3 is 6.61 Å². The summed E-state index contributed by atoms with van der Waals surface area (Å²) in [5, 5.41) is 9.06. The van der Waals surface area contributed by atoms with Crippen molar-refractivity contribution in [2.75, 3.05) is 13.7 Å². The van der Waals surface area contributed by atoms with Gasteiger partial charge in [-0.2, -0.15) is 8.78 Å². The molecule has 0 aliphatic rings. The Bertz CT molecular complexity index is 411. The standard InChI is InChI=1S/C13H16F2O3/c1-3-9(8-16)6-10-4-5-11(18-13(14)15)12(7-10)17-2/h4-7,13,16H,3,8H2,1-2H3. The van der Waals surface area contributed by atoms with Gasteiger partial charge in [0.15, 0.2) is 11.5 Å². The molecular formula is C13H16F2O3. The number of aliphatic hydroxyl groups excluding tert-OH is 1. The Labute approximate surface area is 105 Å². The van der Waals surface area contributed by atoms with E-state index in [9.17, 15) is 8.78 Å². The molecule has 0 saturated heterocycles. The van der Waals surface area contributed by atoms with Crippen LogP contribution in [0.1, 0.15) is 18.9 Å². The molecule has 0 atom stereocenters. The molecule has 100 valence electrons. The second-order valence-electron chi connectivity index (χ2n) is 3.60. The van der Waals surface area contributed by atoms with Crippen LogP contribution < -0.4 is 9.47 Å². The summed E-state index contributed by atoms with van der Waals surface area (Å²) in [5.74, 6) is 0.226. The second kappa shape index (κ2) is 6.96. The van der Waals surface area contributed by atoms with E-state index >= 15 is 0 Å². The lowest BCUT2D eigenvalue weighted by atomic mass is 10.1. The number of rotatable bonds is 6. The minimum absolute atomic E-state index is 0.00769. The van der Waals surface area contributed by atoms with Crippen molar-refractivity contribution in [1.29, 1.82) is 0 Å². The first kappa shape index (κ1) is 14.4. The molecule has 0 aliphatic heterocycles. The third-order valence-corrected chi connectivity index (χ3v) is 2.43. The third-order valence-electron chi connectivity index (χ3n) is 2.43. The molecule has 0 fully saturated rings. The summed E-state index contributed by atoms with van der Waals surface area (Å²) >= 11 is 0. The van der Waals surface area contributed by atoms with Crippen LogP contribution in [0, 0.1) is 0 Å². The Morgan fingerprint density at radius 1 is 1.39 bits per heavy atom. The number of ether oxygens (including phenoxy) is 2. The van der Waals surface area contributed by atoms with Gasteiger partial charge in [0.05, 0.1) is 13.7 Å². The zero-order chi connectivity index (χ0) is 13.5. The molecular weight excluding hydrogens is 242 g/mol. The topological polar surface area (TPSA) is 38.7 Å². The van der Waals surface area contributed by atoms with Crippen LogP contribution in [0.2, 0.25) is 0 Å². The lowest BCUT2D eigenvalue weighted by molar-refractivity contribution is -0.0512. The predicted molar refractivity (Wildman–Crippen MR) is 65.0 cm³/mol. The van der Waals surface area contributed by atoms with Gasteiger partial charge in [-0.3, -0.25) is 0 Å². The van der Waals surface area contributed by atoms with Gasteiger partial charge in [0.25, 0.3) is 0 Å². The fourth-order valence-corrected chi connectivity index (χ4v) is 1.46. The van der Waals surface area contributed by atoms with Gasteiger partial charge in [-0.15, -0.1) is 0 Å². The average molecular weight is 258 g/mol. The van der Waals surface area contributed by atoms with Crippen molar-refractivity contribution in [2.24, 2.45) is 0 Å². The summed E-state index contributed by atoms with van der Waals surface area (Å²) < 4.78 is 33.6. The Morgan fingerprint density at radius 2 is 2.11 bits per heavy atom. The lowest BCUT2D eigenvalue weighted by Crippen LogP contribution is -2.03. The third kappa shape index (κ3) is 4.00. The highest BCUT2D eigenvalue weighted by atomic mass is 19.3. The van der Waals surface area contributed by atoms with E-state index in [1.807, 2.05) is 6.92 Å². The Kier molecular flexibility index (Phi) is 5.58. The molecule has 1 N–H and O–H groups in total. The van der Waals surface area contributed by atoms with E-state index in [2.05, 4.69) is 4.74 Å². The van der Waals surface area contributed by atoms with Crippen molar-refractivity contribution in [1.82, 2.24) is 0 Å². The molecule has 18 heavy (non-hydrogen) atoms. The Balaban J connectivity index is 3.01. The number of aliphatic hydroxyl groups is 1. The Morgan fingerprint density at radius 3 is 2.61 bits per heavy atom. The van der Waals surface area contributed by atoms with E-state index in [0.717, 1.165) is 11.1 Å². The van der Waals surface area contributed by atoms with Gasteiger partial charge in [-0.1, -0.05) is 19.1 Å². The van der Waals surface area contributed by atoms with Crippen molar-refractivity contribution >= 4 is 6.08 Å². The number of hydrogen-bond donors (Lipinski definition) is 1. The SMILES string of the molecule is CCC(=Cc1ccc(OC(F)F)c(OC)c1)CO. The predicted octanol–water partition coefficient (Wildman–Crippen LogP) is 3.08. The first-order valence-corrected chi connectivity index (χ1v) is 5.53. The summed E-state index contributed by atoms with van der Waals surface area (Å²) in [6, 6.07) is 4.63. The number of methoxy groups -OCH3 is 1. The number of hydrogen-bond acceptors (Lipinski definition) is 3. The fourth-order valence-electron chi connectivity index (χ4n) is 1.46. The number of halogens is 2. The highest BCUT2D eigenvalue weighted by Gasteiger charge is 2.10. The maximum Gasteiger partial charge on any atom is 0.387 e. The van der Waals surface area contributed by atoms with Crippen LogP contribution in [0.3, 0.4) is 0 Å². The molecule has 0 heterocycles. The first-order valence-electron chi connectivity index (χ1n) is 5.53. The van der Waals surface area contributed by atoms with Gasteiger partial charge in [0, 0.05) is 0 Å².